The van der Waals surface area contributed by atoms with Gasteiger partial charge >= 0.3 is 0 Å². The van der Waals surface area contributed by atoms with Crippen LogP contribution in [0.4, 0.5) is 5.69 Å². The second kappa shape index (κ2) is 8.90. The Hall–Kier alpha value is -2.27. The first-order chi connectivity index (χ1) is 12.6. The number of rotatable bonds is 8. The summed E-state index contributed by atoms with van der Waals surface area (Å²) in [6.07, 6.45) is 0.967. The zero-order chi connectivity index (χ0) is 18.4. The molecule has 0 radical (unpaired) electrons. The first-order valence-electron chi connectivity index (χ1n) is 8.94. The summed E-state index contributed by atoms with van der Waals surface area (Å²) < 4.78 is 0. The Bertz CT molecular complexity index is 746. The molecule has 1 aliphatic rings. The van der Waals surface area contributed by atoms with Gasteiger partial charge in [0.1, 0.15) is 0 Å². The molecule has 136 valence electrons. The molecule has 4 nitrogen and oxygen atoms in total. The van der Waals surface area contributed by atoms with Crippen LogP contribution >= 0.6 is 11.8 Å². The Balaban J connectivity index is 1.37. The van der Waals surface area contributed by atoms with Crippen LogP contribution in [0.2, 0.25) is 0 Å². The van der Waals surface area contributed by atoms with Crippen molar-refractivity contribution < 1.29 is 9.59 Å². The van der Waals surface area contributed by atoms with Crippen molar-refractivity contribution in [3.8, 4) is 0 Å². The van der Waals surface area contributed by atoms with Crippen molar-refractivity contribution in [1.29, 1.82) is 0 Å². The summed E-state index contributed by atoms with van der Waals surface area (Å²) in [6.45, 7) is 2.71. The highest BCUT2D eigenvalue weighted by Gasteiger charge is 2.39. The highest BCUT2D eigenvalue weighted by atomic mass is 32.2. The molecule has 26 heavy (non-hydrogen) atoms. The van der Waals surface area contributed by atoms with E-state index in [1.54, 1.807) is 36.0 Å². The Kier molecular flexibility index (Phi) is 6.34. The molecule has 2 atom stereocenters. The van der Waals surface area contributed by atoms with Gasteiger partial charge in [-0.15, -0.1) is 0 Å². The predicted octanol–water partition coefficient (Wildman–Crippen LogP) is 3.94. The molecule has 2 unspecified atom stereocenters. The molecule has 0 spiro atoms. The van der Waals surface area contributed by atoms with Crippen molar-refractivity contribution in [2.75, 3.05) is 17.6 Å². The van der Waals surface area contributed by atoms with Crippen LogP contribution < -0.4 is 10.6 Å². The standard InChI is InChI=1S/C21H24N2O2S/c1-15-13-19(15)21(25)23-18-9-7-17(8-10-18)20(24)22-11-12-26-14-16-5-3-2-4-6-16/h2-10,15,19H,11-14H2,1H3,(H,22,24)(H,23,25). The third-order valence-corrected chi connectivity index (χ3v) is 5.53. The number of carbonyl (C=O) groups is 2. The van der Waals surface area contributed by atoms with Crippen LogP contribution in [0.15, 0.2) is 54.6 Å². The molecular formula is C21H24N2O2S. The van der Waals surface area contributed by atoms with Gasteiger partial charge in [0.25, 0.3) is 5.91 Å². The molecule has 2 amide bonds. The molecule has 0 bridgehead atoms. The fourth-order valence-electron chi connectivity index (χ4n) is 2.73. The summed E-state index contributed by atoms with van der Waals surface area (Å²) >= 11 is 1.80. The molecule has 0 heterocycles. The van der Waals surface area contributed by atoms with Gasteiger partial charge in [0.15, 0.2) is 0 Å². The molecule has 0 aromatic heterocycles. The Morgan fingerprint density at radius 2 is 1.77 bits per heavy atom. The van der Waals surface area contributed by atoms with E-state index < -0.39 is 0 Å². The molecule has 2 aromatic rings. The van der Waals surface area contributed by atoms with Crippen molar-refractivity contribution in [3.05, 3.63) is 65.7 Å². The Morgan fingerprint density at radius 3 is 2.42 bits per heavy atom. The summed E-state index contributed by atoms with van der Waals surface area (Å²) in [5.74, 6) is 2.44. The lowest BCUT2D eigenvalue weighted by molar-refractivity contribution is -0.117. The zero-order valence-electron chi connectivity index (χ0n) is 14.9. The van der Waals surface area contributed by atoms with E-state index in [0.29, 0.717) is 18.0 Å². The van der Waals surface area contributed by atoms with Crippen LogP contribution in [0, 0.1) is 11.8 Å². The fraction of sp³-hybridized carbons (Fsp3) is 0.333. The lowest BCUT2D eigenvalue weighted by atomic mass is 10.2. The van der Waals surface area contributed by atoms with Crippen LogP contribution in [0.1, 0.15) is 29.3 Å². The number of thioether (sulfide) groups is 1. The van der Waals surface area contributed by atoms with Gasteiger partial charge in [-0.25, -0.2) is 0 Å². The summed E-state index contributed by atoms with van der Waals surface area (Å²) in [4.78, 5) is 24.1. The van der Waals surface area contributed by atoms with Crippen LogP contribution in [0.25, 0.3) is 0 Å². The number of anilines is 1. The van der Waals surface area contributed by atoms with Crippen molar-refractivity contribution in [2.45, 2.75) is 19.1 Å². The average Bonchev–Trinajstić information content (AvgIpc) is 3.40. The lowest BCUT2D eigenvalue weighted by Gasteiger charge is -2.07. The molecule has 2 N–H and O–H groups in total. The molecule has 0 aliphatic heterocycles. The molecule has 3 rings (SSSR count). The van der Waals surface area contributed by atoms with Gasteiger partial charge < -0.3 is 10.6 Å². The SMILES string of the molecule is CC1CC1C(=O)Nc1ccc(C(=O)NCCSCc2ccccc2)cc1. The molecular weight excluding hydrogens is 344 g/mol. The van der Waals surface area contributed by atoms with E-state index in [0.717, 1.165) is 23.6 Å². The topological polar surface area (TPSA) is 58.2 Å². The third-order valence-electron chi connectivity index (χ3n) is 4.50. The Morgan fingerprint density at radius 1 is 1.08 bits per heavy atom. The highest BCUT2D eigenvalue weighted by Crippen LogP contribution is 2.38. The van der Waals surface area contributed by atoms with E-state index in [-0.39, 0.29) is 17.7 Å². The zero-order valence-corrected chi connectivity index (χ0v) is 15.7. The minimum absolute atomic E-state index is 0.0742. The monoisotopic (exact) mass is 368 g/mol. The van der Waals surface area contributed by atoms with E-state index in [1.807, 2.05) is 18.2 Å². The summed E-state index contributed by atoms with van der Waals surface area (Å²) in [7, 11) is 0. The molecule has 5 heteroatoms. The first-order valence-corrected chi connectivity index (χ1v) is 10.1. The number of benzene rings is 2. The lowest BCUT2D eigenvalue weighted by Crippen LogP contribution is -2.25. The van der Waals surface area contributed by atoms with Crippen molar-refractivity contribution >= 4 is 29.3 Å². The average molecular weight is 369 g/mol. The number of nitrogens with one attached hydrogen (secondary N) is 2. The maximum Gasteiger partial charge on any atom is 0.251 e. The van der Waals surface area contributed by atoms with E-state index in [4.69, 9.17) is 0 Å². The molecule has 1 fully saturated rings. The second-order valence-corrected chi connectivity index (χ2v) is 7.79. The van der Waals surface area contributed by atoms with E-state index in [9.17, 15) is 9.59 Å². The molecule has 0 saturated heterocycles. The maximum atomic E-state index is 12.2. The summed E-state index contributed by atoms with van der Waals surface area (Å²) in [6, 6.07) is 17.4. The van der Waals surface area contributed by atoms with E-state index >= 15 is 0 Å². The largest absolute Gasteiger partial charge is 0.351 e. The van der Waals surface area contributed by atoms with Gasteiger partial charge in [-0.05, 0) is 42.2 Å². The van der Waals surface area contributed by atoms with Crippen molar-refractivity contribution in [2.24, 2.45) is 11.8 Å². The maximum absolute atomic E-state index is 12.2. The summed E-state index contributed by atoms with van der Waals surface area (Å²) in [5, 5.41) is 5.83. The minimum Gasteiger partial charge on any atom is -0.351 e. The van der Waals surface area contributed by atoms with E-state index in [2.05, 4.69) is 29.7 Å². The first kappa shape index (κ1) is 18.5. The van der Waals surface area contributed by atoms with Gasteiger partial charge in [0.2, 0.25) is 5.91 Å². The predicted molar refractivity (Wildman–Crippen MR) is 107 cm³/mol. The van der Waals surface area contributed by atoms with Gasteiger partial charge in [-0.2, -0.15) is 11.8 Å². The second-order valence-electron chi connectivity index (χ2n) is 6.68. The third kappa shape index (κ3) is 5.36. The smallest absolute Gasteiger partial charge is 0.251 e. The quantitative estimate of drug-likeness (QED) is 0.694. The van der Waals surface area contributed by atoms with Crippen molar-refractivity contribution in [3.63, 3.8) is 0 Å². The van der Waals surface area contributed by atoms with Gasteiger partial charge in [0.05, 0.1) is 0 Å². The number of amides is 2. The van der Waals surface area contributed by atoms with Crippen LogP contribution in [-0.4, -0.2) is 24.1 Å². The number of carbonyl (C=O) groups excluding carboxylic acids is 2. The molecule has 1 aliphatic carbocycles. The Labute approximate surface area is 158 Å². The van der Waals surface area contributed by atoms with Gasteiger partial charge in [0, 0.05) is 35.2 Å². The highest BCUT2D eigenvalue weighted by molar-refractivity contribution is 7.98. The van der Waals surface area contributed by atoms with Crippen LogP contribution in [0.5, 0.6) is 0 Å². The van der Waals surface area contributed by atoms with Crippen LogP contribution in [-0.2, 0) is 10.5 Å². The van der Waals surface area contributed by atoms with Crippen molar-refractivity contribution in [1.82, 2.24) is 5.32 Å². The normalized spacial score (nSPS) is 18.2. The molecule has 2 aromatic carbocycles. The van der Waals surface area contributed by atoms with Crippen LogP contribution in [0.3, 0.4) is 0 Å². The molecule has 1 saturated carbocycles. The van der Waals surface area contributed by atoms with E-state index in [1.165, 1.54) is 5.56 Å². The summed E-state index contributed by atoms with van der Waals surface area (Å²) in [5.41, 5.74) is 2.64. The van der Waals surface area contributed by atoms with Gasteiger partial charge in [-0.1, -0.05) is 37.3 Å². The fourth-order valence-corrected chi connectivity index (χ4v) is 3.55. The minimum atomic E-state index is -0.0843. The van der Waals surface area contributed by atoms with Gasteiger partial charge in [-0.3, -0.25) is 9.59 Å². The number of hydrogen-bond acceptors (Lipinski definition) is 3. The number of hydrogen-bond donors (Lipinski definition) is 2.